The summed E-state index contributed by atoms with van der Waals surface area (Å²) in [6.45, 7) is 2.95. The number of Topliss-reactive ketones (excluding diaryl/α,β-unsaturated/α-hetero) is 1. The Hall–Kier alpha value is -2.63. The summed E-state index contributed by atoms with van der Waals surface area (Å²) in [5, 5.41) is 2.52. The fourth-order valence-corrected chi connectivity index (χ4v) is 1.72. The second kappa shape index (κ2) is 5.56. The highest BCUT2D eigenvalue weighted by Crippen LogP contribution is 2.16. The summed E-state index contributed by atoms with van der Waals surface area (Å²) >= 11 is 0. The van der Waals surface area contributed by atoms with Crippen molar-refractivity contribution >= 4 is 11.7 Å². The van der Waals surface area contributed by atoms with Gasteiger partial charge in [-0.1, -0.05) is 24.3 Å². The standard InChI is InChI=1S/C14H14N2O4/c1-9(17)11-3-5-12(6-4-11)13-7-16(20-14(13)19)8-15-10(2)18/h3-7H,8H2,1-2H3,(H,15,18). The van der Waals surface area contributed by atoms with Crippen molar-refractivity contribution in [1.82, 2.24) is 10.1 Å². The Kier molecular flexibility index (Phi) is 3.84. The molecule has 20 heavy (non-hydrogen) atoms. The van der Waals surface area contributed by atoms with Gasteiger partial charge in [-0.05, 0) is 12.5 Å². The molecule has 0 saturated carbocycles. The van der Waals surface area contributed by atoms with Gasteiger partial charge < -0.3 is 9.84 Å². The molecule has 0 spiro atoms. The Morgan fingerprint density at radius 2 is 1.85 bits per heavy atom. The molecule has 1 amide bonds. The van der Waals surface area contributed by atoms with E-state index in [0.29, 0.717) is 16.7 Å². The number of ketones is 1. The molecule has 0 aliphatic heterocycles. The number of carbonyl (C=O) groups is 2. The average Bonchev–Trinajstić information content (AvgIpc) is 2.78. The summed E-state index contributed by atoms with van der Waals surface area (Å²) in [7, 11) is 0. The third-order valence-electron chi connectivity index (χ3n) is 2.78. The maximum Gasteiger partial charge on any atom is 0.365 e. The van der Waals surface area contributed by atoms with E-state index in [4.69, 9.17) is 4.52 Å². The second-order valence-corrected chi connectivity index (χ2v) is 4.36. The number of nitrogens with zero attached hydrogens (tertiary/aromatic N) is 1. The van der Waals surface area contributed by atoms with Gasteiger partial charge in [0.2, 0.25) is 5.91 Å². The van der Waals surface area contributed by atoms with E-state index >= 15 is 0 Å². The molecule has 0 fully saturated rings. The van der Waals surface area contributed by atoms with E-state index in [2.05, 4.69) is 5.32 Å². The minimum absolute atomic E-state index is 0.0354. The average molecular weight is 274 g/mol. The Labute approximate surface area is 115 Å². The smallest absolute Gasteiger partial charge is 0.336 e. The second-order valence-electron chi connectivity index (χ2n) is 4.36. The first-order valence-electron chi connectivity index (χ1n) is 6.04. The SMILES string of the molecule is CC(=O)NCn1cc(-c2ccc(C(C)=O)cc2)c(=O)o1. The van der Waals surface area contributed by atoms with Crippen LogP contribution in [-0.2, 0) is 11.5 Å². The van der Waals surface area contributed by atoms with Gasteiger partial charge in [0, 0.05) is 12.5 Å². The Balaban J connectivity index is 2.26. The first kappa shape index (κ1) is 13.8. The van der Waals surface area contributed by atoms with Gasteiger partial charge in [0.05, 0.1) is 11.8 Å². The van der Waals surface area contributed by atoms with Crippen molar-refractivity contribution in [2.75, 3.05) is 0 Å². The molecule has 0 unspecified atom stereocenters. The predicted molar refractivity (Wildman–Crippen MR) is 72.2 cm³/mol. The molecule has 0 aliphatic carbocycles. The molecule has 1 N–H and O–H groups in total. The van der Waals surface area contributed by atoms with Crippen molar-refractivity contribution in [3.05, 3.63) is 46.4 Å². The van der Waals surface area contributed by atoms with E-state index in [1.807, 2.05) is 0 Å². The van der Waals surface area contributed by atoms with E-state index in [1.54, 1.807) is 24.3 Å². The zero-order valence-corrected chi connectivity index (χ0v) is 11.2. The van der Waals surface area contributed by atoms with Gasteiger partial charge in [0.25, 0.3) is 0 Å². The lowest BCUT2D eigenvalue weighted by Crippen LogP contribution is -2.22. The van der Waals surface area contributed by atoms with Gasteiger partial charge >= 0.3 is 5.63 Å². The normalized spacial score (nSPS) is 10.3. The van der Waals surface area contributed by atoms with Crippen LogP contribution in [0, 0.1) is 0 Å². The lowest BCUT2D eigenvalue weighted by Gasteiger charge is -2.00. The minimum Gasteiger partial charge on any atom is -0.336 e. The molecular formula is C14H14N2O4. The maximum atomic E-state index is 11.7. The fraction of sp³-hybridized carbons (Fsp3) is 0.214. The van der Waals surface area contributed by atoms with Gasteiger partial charge in [-0.15, -0.1) is 0 Å². The summed E-state index contributed by atoms with van der Waals surface area (Å²) in [4.78, 5) is 33.7. The Morgan fingerprint density at radius 3 is 2.40 bits per heavy atom. The zero-order valence-electron chi connectivity index (χ0n) is 11.2. The Bertz CT molecular complexity index is 695. The van der Waals surface area contributed by atoms with Gasteiger partial charge in [-0.3, -0.25) is 9.59 Å². The Morgan fingerprint density at radius 1 is 1.20 bits per heavy atom. The lowest BCUT2D eigenvalue weighted by atomic mass is 10.1. The number of amides is 1. The van der Waals surface area contributed by atoms with Crippen LogP contribution in [0.4, 0.5) is 0 Å². The third kappa shape index (κ3) is 3.03. The number of nitrogens with one attached hydrogen (secondary N) is 1. The first-order chi connectivity index (χ1) is 9.47. The van der Waals surface area contributed by atoms with Crippen LogP contribution in [0.25, 0.3) is 11.1 Å². The molecule has 1 aromatic heterocycles. The number of hydrogen-bond donors (Lipinski definition) is 1. The third-order valence-corrected chi connectivity index (χ3v) is 2.78. The zero-order chi connectivity index (χ0) is 14.7. The van der Waals surface area contributed by atoms with Crippen LogP contribution in [0.2, 0.25) is 0 Å². The van der Waals surface area contributed by atoms with Gasteiger partial charge in [-0.25, -0.2) is 4.79 Å². The van der Waals surface area contributed by atoms with E-state index < -0.39 is 5.63 Å². The summed E-state index contributed by atoms with van der Waals surface area (Å²) in [5.74, 6) is -0.250. The highest BCUT2D eigenvalue weighted by molar-refractivity contribution is 5.94. The molecule has 0 aliphatic rings. The van der Waals surface area contributed by atoms with Crippen molar-refractivity contribution < 1.29 is 14.1 Å². The van der Waals surface area contributed by atoms with Crippen LogP contribution in [0.15, 0.2) is 39.8 Å². The highest BCUT2D eigenvalue weighted by Gasteiger charge is 2.10. The fourth-order valence-electron chi connectivity index (χ4n) is 1.72. The number of benzene rings is 1. The minimum atomic E-state index is -0.495. The van der Waals surface area contributed by atoms with Crippen molar-refractivity contribution in [1.29, 1.82) is 0 Å². The van der Waals surface area contributed by atoms with E-state index in [1.165, 1.54) is 24.8 Å². The van der Waals surface area contributed by atoms with E-state index in [-0.39, 0.29) is 18.4 Å². The van der Waals surface area contributed by atoms with Crippen molar-refractivity contribution in [3.8, 4) is 11.1 Å². The number of hydrogen-bond acceptors (Lipinski definition) is 4. The summed E-state index contributed by atoms with van der Waals surface area (Å²) < 4.78 is 6.22. The topological polar surface area (TPSA) is 81.3 Å². The molecule has 0 radical (unpaired) electrons. The number of aromatic nitrogens is 1. The van der Waals surface area contributed by atoms with Crippen molar-refractivity contribution in [3.63, 3.8) is 0 Å². The monoisotopic (exact) mass is 274 g/mol. The molecule has 104 valence electrons. The molecule has 6 heteroatoms. The number of carbonyl (C=O) groups excluding carboxylic acids is 2. The molecule has 1 heterocycles. The molecule has 2 aromatic rings. The van der Waals surface area contributed by atoms with Gasteiger partial charge in [-0.2, -0.15) is 4.74 Å². The summed E-state index contributed by atoms with van der Waals surface area (Å²) in [6.07, 6.45) is 1.51. The van der Waals surface area contributed by atoms with E-state index in [0.717, 1.165) is 0 Å². The van der Waals surface area contributed by atoms with Crippen LogP contribution in [0.5, 0.6) is 0 Å². The van der Waals surface area contributed by atoms with Crippen LogP contribution in [-0.4, -0.2) is 16.4 Å². The molecule has 1 aromatic carbocycles. The van der Waals surface area contributed by atoms with Crippen LogP contribution in [0.3, 0.4) is 0 Å². The molecule has 0 atom stereocenters. The molecular weight excluding hydrogens is 260 g/mol. The van der Waals surface area contributed by atoms with Crippen LogP contribution >= 0.6 is 0 Å². The molecule has 0 saturated heterocycles. The summed E-state index contributed by atoms with van der Waals surface area (Å²) in [6, 6.07) is 6.68. The molecule has 0 bridgehead atoms. The highest BCUT2D eigenvalue weighted by atomic mass is 16.5. The first-order valence-corrected chi connectivity index (χ1v) is 6.04. The quantitative estimate of drug-likeness (QED) is 0.854. The molecule has 2 rings (SSSR count). The van der Waals surface area contributed by atoms with Gasteiger partial charge in [0.15, 0.2) is 5.78 Å². The van der Waals surface area contributed by atoms with Crippen molar-refractivity contribution in [2.24, 2.45) is 0 Å². The van der Waals surface area contributed by atoms with Gasteiger partial charge in [0.1, 0.15) is 6.67 Å². The maximum absolute atomic E-state index is 11.7. The largest absolute Gasteiger partial charge is 0.365 e. The van der Waals surface area contributed by atoms with Crippen LogP contribution < -0.4 is 10.9 Å². The predicted octanol–water partition coefficient (Wildman–Crippen LogP) is 1.40. The number of rotatable bonds is 4. The van der Waals surface area contributed by atoms with Crippen LogP contribution in [0.1, 0.15) is 24.2 Å². The summed E-state index contributed by atoms with van der Waals surface area (Å²) in [5.41, 5.74) is 1.12. The molecule has 6 nitrogen and oxygen atoms in total. The lowest BCUT2D eigenvalue weighted by molar-refractivity contribution is -0.119. The van der Waals surface area contributed by atoms with E-state index in [9.17, 15) is 14.4 Å². The van der Waals surface area contributed by atoms with Crippen molar-refractivity contribution in [2.45, 2.75) is 20.5 Å².